The minimum atomic E-state index is -0.329. The van der Waals surface area contributed by atoms with Crippen molar-refractivity contribution in [3.63, 3.8) is 0 Å². The van der Waals surface area contributed by atoms with Crippen LogP contribution in [0, 0.1) is 12.7 Å². The van der Waals surface area contributed by atoms with Gasteiger partial charge in [-0.3, -0.25) is 14.3 Å². The summed E-state index contributed by atoms with van der Waals surface area (Å²) < 4.78 is 15.5. The Hall–Kier alpha value is -3.06. The number of nitrogens with one attached hydrogen (secondary N) is 1. The molecule has 0 bridgehead atoms. The number of carbonyl (C=O) groups is 1. The van der Waals surface area contributed by atoms with Crippen LogP contribution in [0.2, 0.25) is 0 Å². The number of aromatic amines is 1. The summed E-state index contributed by atoms with van der Waals surface area (Å²) in [5.74, 6) is -0.621. The molecule has 0 aliphatic heterocycles. The van der Waals surface area contributed by atoms with Crippen LogP contribution in [0.5, 0.6) is 0 Å². The SMILES string of the molecule is Cc1c(C(=O)c2c[nH]n(C(C)C)c2=O)ccc2sc(-c3ccc(F)cc3)nc12. The zero-order valence-electron chi connectivity index (χ0n) is 15.6. The summed E-state index contributed by atoms with van der Waals surface area (Å²) in [6.07, 6.45) is 1.46. The van der Waals surface area contributed by atoms with Crippen LogP contribution in [0.3, 0.4) is 0 Å². The van der Waals surface area contributed by atoms with Gasteiger partial charge in [0.2, 0.25) is 5.78 Å². The fourth-order valence-corrected chi connectivity index (χ4v) is 4.19. The molecule has 142 valence electrons. The van der Waals surface area contributed by atoms with Crippen molar-refractivity contribution in [2.45, 2.75) is 26.8 Å². The third kappa shape index (κ3) is 2.97. The van der Waals surface area contributed by atoms with Crippen molar-refractivity contribution in [3.8, 4) is 10.6 Å². The van der Waals surface area contributed by atoms with Crippen LogP contribution < -0.4 is 5.56 Å². The molecule has 0 unspecified atom stereocenters. The Morgan fingerprint density at radius 3 is 2.50 bits per heavy atom. The second-order valence-corrected chi connectivity index (χ2v) is 7.93. The van der Waals surface area contributed by atoms with E-state index < -0.39 is 0 Å². The van der Waals surface area contributed by atoms with Gasteiger partial charge in [-0.1, -0.05) is 0 Å². The van der Waals surface area contributed by atoms with Gasteiger partial charge in [0.05, 0.1) is 10.2 Å². The number of aryl methyl sites for hydroxylation is 1. The van der Waals surface area contributed by atoms with E-state index in [1.165, 1.54) is 34.3 Å². The average molecular weight is 395 g/mol. The Balaban J connectivity index is 1.79. The van der Waals surface area contributed by atoms with E-state index in [2.05, 4.69) is 10.1 Å². The zero-order chi connectivity index (χ0) is 20.0. The van der Waals surface area contributed by atoms with E-state index in [0.29, 0.717) is 5.56 Å². The number of hydrogen-bond donors (Lipinski definition) is 1. The molecule has 4 aromatic rings. The number of H-pyrrole nitrogens is 1. The van der Waals surface area contributed by atoms with Gasteiger partial charge in [0.25, 0.3) is 5.56 Å². The summed E-state index contributed by atoms with van der Waals surface area (Å²) in [7, 11) is 0. The molecule has 2 aromatic carbocycles. The van der Waals surface area contributed by atoms with Crippen LogP contribution in [-0.2, 0) is 0 Å². The average Bonchev–Trinajstić information content (AvgIpc) is 3.26. The van der Waals surface area contributed by atoms with E-state index in [4.69, 9.17) is 0 Å². The smallest absolute Gasteiger partial charge is 0.277 e. The molecule has 0 fully saturated rings. The molecule has 0 atom stereocenters. The lowest BCUT2D eigenvalue weighted by molar-refractivity contribution is 0.103. The van der Waals surface area contributed by atoms with Crippen molar-refractivity contribution >= 4 is 27.3 Å². The lowest BCUT2D eigenvalue weighted by Gasteiger charge is -2.05. The molecule has 0 saturated carbocycles. The Kier molecular flexibility index (Phi) is 4.47. The first-order chi connectivity index (χ1) is 13.4. The Morgan fingerprint density at radius 1 is 1.14 bits per heavy atom. The molecule has 0 aliphatic rings. The van der Waals surface area contributed by atoms with Gasteiger partial charge in [0, 0.05) is 23.4 Å². The van der Waals surface area contributed by atoms with Gasteiger partial charge >= 0.3 is 0 Å². The molecule has 4 rings (SSSR count). The fourth-order valence-electron chi connectivity index (χ4n) is 3.16. The second-order valence-electron chi connectivity index (χ2n) is 6.90. The van der Waals surface area contributed by atoms with Gasteiger partial charge in [-0.25, -0.2) is 9.37 Å². The van der Waals surface area contributed by atoms with Gasteiger partial charge in [-0.05, 0) is 62.7 Å². The van der Waals surface area contributed by atoms with Crippen LogP contribution in [0.25, 0.3) is 20.8 Å². The standard InChI is InChI=1S/C21H18FN3O2S/c1-11(2)25-21(27)16(10-23-25)19(26)15-8-9-17-18(12(15)3)24-20(28-17)13-4-6-14(22)7-5-13/h4-11,23H,1-3H3. The Labute approximate surface area is 164 Å². The topological polar surface area (TPSA) is 67.8 Å². The number of thiazole rings is 1. The highest BCUT2D eigenvalue weighted by atomic mass is 32.1. The van der Waals surface area contributed by atoms with E-state index in [1.54, 1.807) is 18.2 Å². The van der Waals surface area contributed by atoms with Crippen LogP contribution in [0.1, 0.15) is 41.4 Å². The van der Waals surface area contributed by atoms with Crippen LogP contribution in [0.15, 0.2) is 47.4 Å². The number of nitrogens with zero attached hydrogens (tertiary/aromatic N) is 2. The number of aromatic nitrogens is 3. The first-order valence-electron chi connectivity index (χ1n) is 8.87. The minimum absolute atomic E-state index is 0.0607. The van der Waals surface area contributed by atoms with Gasteiger partial charge in [0.15, 0.2) is 0 Å². The van der Waals surface area contributed by atoms with Crippen molar-refractivity contribution < 1.29 is 9.18 Å². The highest BCUT2D eigenvalue weighted by molar-refractivity contribution is 7.21. The summed E-state index contributed by atoms with van der Waals surface area (Å²) in [4.78, 5) is 30.1. The van der Waals surface area contributed by atoms with Crippen LogP contribution >= 0.6 is 11.3 Å². The number of halogens is 1. The molecule has 5 nitrogen and oxygen atoms in total. The normalized spacial score (nSPS) is 11.5. The van der Waals surface area contributed by atoms with Crippen molar-refractivity contribution in [1.82, 2.24) is 14.8 Å². The molecule has 0 aliphatic carbocycles. The quantitative estimate of drug-likeness (QED) is 0.509. The molecular weight excluding hydrogens is 377 g/mol. The van der Waals surface area contributed by atoms with Gasteiger partial charge in [0.1, 0.15) is 16.4 Å². The van der Waals surface area contributed by atoms with Gasteiger partial charge in [-0.2, -0.15) is 0 Å². The van der Waals surface area contributed by atoms with Gasteiger partial charge < -0.3 is 5.10 Å². The second kappa shape index (κ2) is 6.83. The number of benzene rings is 2. The van der Waals surface area contributed by atoms with Gasteiger partial charge in [-0.15, -0.1) is 11.3 Å². The molecule has 0 spiro atoms. The van der Waals surface area contributed by atoms with E-state index in [9.17, 15) is 14.0 Å². The lowest BCUT2D eigenvalue weighted by atomic mass is 10.0. The molecule has 7 heteroatoms. The molecular formula is C21H18FN3O2S. The number of ketones is 1. The predicted octanol–water partition coefficient (Wildman–Crippen LogP) is 4.71. The maximum Gasteiger partial charge on any atom is 0.277 e. The molecule has 0 amide bonds. The summed E-state index contributed by atoms with van der Waals surface area (Å²) in [6, 6.07) is 9.68. The summed E-state index contributed by atoms with van der Waals surface area (Å²) in [5.41, 5.74) is 2.50. The molecule has 2 heterocycles. The molecule has 2 aromatic heterocycles. The van der Waals surface area contributed by atoms with Crippen molar-refractivity contribution in [1.29, 1.82) is 0 Å². The third-order valence-electron chi connectivity index (χ3n) is 4.71. The molecule has 28 heavy (non-hydrogen) atoms. The Morgan fingerprint density at radius 2 is 1.86 bits per heavy atom. The number of hydrogen-bond acceptors (Lipinski definition) is 4. The maximum atomic E-state index is 13.2. The van der Waals surface area contributed by atoms with E-state index in [-0.39, 0.29) is 28.8 Å². The lowest BCUT2D eigenvalue weighted by Crippen LogP contribution is -2.23. The first kappa shape index (κ1) is 18.3. The highest BCUT2D eigenvalue weighted by Crippen LogP contribution is 2.33. The molecule has 0 saturated heterocycles. The number of fused-ring (bicyclic) bond motifs is 1. The minimum Gasteiger partial charge on any atom is -0.302 e. The van der Waals surface area contributed by atoms with Crippen molar-refractivity contribution in [2.24, 2.45) is 0 Å². The highest BCUT2D eigenvalue weighted by Gasteiger charge is 2.21. The largest absolute Gasteiger partial charge is 0.302 e. The van der Waals surface area contributed by atoms with E-state index in [1.807, 2.05) is 26.8 Å². The maximum absolute atomic E-state index is 13.2. The van der Waals surface area contributed by atoms with Crippen LogP contribution in [-0.4, -0.2) is 20.5 Å². The van der Waals surface area contributed by atoms with Crippen molar-refractivity contribution in [3.05, 3.63) is 75.5 Å². The monoisotopic (exact) mass is 395 g/mol. The number of rotatable bonds is 4. The number of carbonyl (C=O) groups excluding carboxylic acids is 1. The summed E-state index contributed by atoms with van der Waals surface area (Å²) in [5, 5.41) is 3.61. The molecule has 0 radical (unpaired) electrons. The van der Waals surface area contributed by atoms with Crippen LogP contribution in [0.4, 0.5) is 4.39 Å². The van der Waals surface area contributed by atoms with Crippen molar-refractivity contribution in [2.75, 3.05) is 0 Å². The summed E-state index contributed by atoms with van der Waals surface area (Å²) >= 11 is 1.48. The fraction of sp³-hybridized carbons (Fsp3) is 0.190. The third-order valence-corrected chi connectivity index (χ3v) is 5.78. The zero-order valence-corrected chi connectivity index (χ0v) is 16.4. The Bertz CT molecular complexity index is 1250. The molecule has 1 N–H and O–H groups in total. The summed E-state index contributed by atoms with van der Waals surface area (Å²) in [6.45, 7) is 5.57. The van der Waals surface area contributed by atoms with E-state index >= 15 is 0 Å². The predicted molar refractivity (Wildman–Crippen MR) is 109 cm³/mol. The first-order valence-corrected chi connectivity index (χ1v) is 9.69. The van der Waals surface area contributed by atoms with E-state index in [0.717, 1.165) is 26.4 Å².